The smallest absolute Gasteiger partial charge is 0.338 e. The van der Waals surface area contributed by atoms with E-state index in [0.29, 0.717) is 0 Å². The molecule has 88 valence electrons. The molecule has 1 aromatic heterocycles. The van der Waals surface area contributed by atoms with E-state index >= 15 is 0 Å². The molecule has 1 aliphatic rings. The third kappa shape index (κ3) is 2.50. The molecule has 1 heterocycles. The maximum absolute atomic E-state index is 11.9. The molecule has 0 atom stereocenters. The maximum atomic E-state index is 11.9. The summed E-state index contributed by atoms with van der Waals surface area (Å²) < 4.78 is 0. The van der Waals surface area contributed by atoms with E-state index in [-0.39, 0.29) is 17.3 Å². The fourth-order valence-corrected chi connectivity index (χ4v) is 1.75. The van der Waals surface area contributed by atoms with Crippen molar-refractivity contribution in [2.45, 2.75) is 18.9 Å². The minimum Gasteiger partial charge on any atom is -0.478 e. The van der Waals surface area contributed by atoms with Crippen molar-refractivity contribution in [3.63, 3.8) is 0 Å². The summed E-state index contributed by atoms with van der Waals surface area (Å²) in [6, 6.07) is 2.92. The van der Waals surface area contributed by atoms with Crippen molar-refractivity contribution >= 4 is 11.9 Å². The molecule has 0 unspecified atom stereocenters. The van der Waals surface area contributed by atoms with Crippen LogP contribution >= 0.6 is 0 Å². The Morgan fingerprint density at radius 3 is 2.71 bits per heavy atom. The maximum Gasteiger partial charge on any atom is 0.338 e. The molecule has 0 fully saturated rings. The quantitative estimate of drug-likeness (QED) is 0.768. The highest BCUT2D eigenvalue weighted by molar-refractivity contribution is 6.03. The number of nitrogens with zero attached hydrogens (tertiary/aromatic N) is 1. The summed E-state index contributed by atoms with van der Waals surface area (Å²) in [5.74, 6) is -1.58. The third-order valence-electron chi connectivity index (χ3n) is 2.60. The van der Waals surface area contributed by atoms with E-state index in [4.69, 9.17) is 5.11 Å². The summed E-state index contributed by atoms with van der Waals surface area (Å²) in [7, 11) is 0. The van der Waals surface area contributed by atoms with E-state index in [2.05, 4.69) is 10.3 Å². The first-order valence-corrected chi connectivity index (χ1v) is 5.32. The fourth-order valence-electron chi connectivity index (χ4n) is 1.75. The zero-order valence-corrected chi connectivity index (χ0v) is 9.09. The van der Waals surface area contributed by atoms with Crippen molar-refractivity contribution in [2.24, 2.45) is 0 Å². The van der Waals surface area contributed by atoms with E-state index in [0.717, 1.165) is 12.8 Å². The topological polar surface area (TPSA) is 79.3 Å². The van der Waals surface area contributed by atoms with Crippen LogP contribution in [0.4, 0.5) is 0 Å². The van der Waals surface area contributed by atoms with E-state index < -0.39 is 11.9 Å². The van der Waals surface area contributed by atoms with Crippen molar-refractivity contribution in [1.82, 2.24) is 10.3 Å². The van der Waals surface area contributed by atoms with Gasteiger partial charge < -0.3 is 10.4 Å². The molecular formula is C12H12N2O3. The second-order valence-corrected chi connectivity index (χ2v) is 3.82. The highest BCUT2D eigenvalue weighted by Gasteiger charge is 2.20. The summed E-state index contributed by atoms with van der Waals surface area (Å²) in [6.45, 7) is 0. The van der Waals surface area contributed by atoms with Crippen LogP contribution in [-0.4, -0.2) is 28.0 Å². The molecule has 0 saturated heterocycles. The van der Waals surface area contributed by atoms with Crippen LogP contribution in [0.15, 0.2) is 30.5 Å². The molecule has 1 aromatic rings. The lowest BCUT2D eigenvalue weighted by Gasteiger charge is -2.12. The van der Waals surface area contributed by atoms with Crippen molar-refractivity contribution in [3.8, 4) is 0 Å². The molecule has 2 rings (SSSR count). The number of carboxylic acid groups (broad SMARTS) is 1. The predicted molar refractivity (Wildman–Crippen MR) is 60.8 cm³/mol. The highest BCUT2D eigenvalue weighted by atomic mass is 16.4. The summed E-state index contributed by atoms with van der Waals surface area (Å²) in [6.07, 6.45) is 6.94. The standard InChI is InChI=1S/C12H12N2O3/c15-11(14-8-4-1-2-5-8)10-9(12(16)17)6-3-7-13-10/h1-3,6-8H,4-5H2,(H,14,15)(H,16,17). The van der Waals surface area contributed by atoms with Crippen LogP contribution in [0.1, 0.15) is 33.7 Å². The Kier molecular flexibility index (Phi) is 3.18. The van der Waals surface area contributed by atoms with Crippen LogP contribution in [0.25, 0.3) is 0 Å². The van der Waals surface area contributed by atoms with Gasteiger partial charge in [0.25, 0.3) is 5.91 Å². The number of rotatable bonds is 3. The molecule has 5 heteroatoms. The number of pyridine rings is 1. The van der Waals surface area contributed by atoms with Gasteiger partial charge in [0.2, 0.25) is 0 Å². The Bertz CT molecular complexity index is 474. The van der Waals surface area contributed by atoms with Crippen LogP contribution in [0, 0.1) is 0 Å². The summed E-state index contributed by atoms with van der Waals surface area (Å²) in [5, 5.41) is 11.7. The second-order valence-electron chi connectivity index (χ2n) is 3.82. The number of hydrogen-bond donors (Lipinski definition) is 2. The number of carbonyl (C=O) groups is 2. The number of carbonyl (C=O) groups excluding carboxylic acids is 1. The Morgan fingerprint density at radius 2 is 2.06 bits per heavy atom. The number of hydrogen-bond acceptors (Lipinski definition) is 3. The van der Waals surface area contributed by atoms with Crippen LogP contribution in [0.2, 0.25) is 0 Å². The van der Waals surface area contributed by atoms with Crippen molar-refractivity contribution < 1.29 is 14.7 Å². The van der Waals surface area contributed by atoms with E-state index in [9.17, 15) is 9.59 Å². The molecule has 0 aromatic carbocycles. The fraction of sp³-hybridized carbons (Fsp3) is 0.250. The first kappa shape index (κ1) is 11.3. The predicted octanol–water partition coefficient (Wildman–Crippen LogP) is 1.23. The van der Waals surface area contributed by atoms with Gasteiger partial charge in [-0.2, -0.15) is 0 Å². The molecule has 0 saturated carbocycles. The van der Waals surface area contributed by atoms with Gasteiger partial charge in [-0.15, -0.1) is 0 Å². The van der Waals surface area contributed by atoms with Gasteiger partial charge in [0.05, 0.1) is 5.56 Å². The molecular weight excluding hydrogens is 220 g/mol. The minimum absolute atomic E-state index is 0.0353. The highest BCUT2D eigenvalue weighted by Crippen LogP contribution is 2.11. The van der Waals surface area contributed by atoms with Gasteiger partial charge in [0, 0.05) is 12.2 Å². The van der Waals surface area contributed by atoms with Gasteiger partial charge >= 0.3 is 5.97 Å². The number of carboxylic acids is 1. The Labute approximate surface area is 98.2 Å². The largest absolute Gasteiger partial charge is 0.478 e. The van der Waals surface area contributed by atoms with Gasteiger partial charge in [-0.1, -0.05) is 12.2 Å². The Morgan fingerprint density at radius 1 is 1.35 bits per heavy atom. The van der Waals surface area contributed by atoms with Crippen LogP contribution in [0.3, 0.4) is 0 Å². The van der Waals surface area contributed by atoms with E-state index in [1.165, 1.54) is 18.3 Å². The average Bonchev–Trinajstić information content (AvgIpc) is 2.81. The first-order chi connectivity index (χ1) is 8.18. The van der Waals surface area contributed by atoms with E-state index in [1.54, 1.807) is 0 Å². The van der Waals surface area contributed by atoms with Crippen LogP contribution in [-0.2, 0) is 0 Å². The number of nitrogens with one attached hydrogen (secondary N) is 1. The lowest BCUT2D eigenvalue weighted by atomic mass is 10.1. The molecule has 0 bridgehead atoms. The molecule has 0 spiro atoms. The minimum atomic E-state index is -1.15. The molecule has 2 N–H and O–H groups in total. The second kappa shape index (κ2) is 4.78. The summed E-state index contributed by atoms with van der Waals surface area (Å²) >= 11 is 0. The Hall–Kier alpha value is -2.17. The van der Waals surface area contributed by atoms with Gasteiger partial charge in [-0.3, -0.25) is 9.78 Å². The molecule has 0 radical (unpaired) electrons. The molecule has 0 aliphatic heterocycles. The lowest BCUT2D eigenvalue weighted by molar-refractivity contribution is 0.0689. The number of aromatic carboxylic acids is 1. The molecule has 1 aliphatic carbocycles. The third-order valence-corrected chi connectivity index (χ3v) is 2.60. The molecule has 5 nitrogen and oxygen atoms in total. The van der Waals surface area contributed by atoms with Gasteiger partial charge in [0.15, 0.2) is 0 Å². The van der Waals surface area contributed by atoms with Crippen molar-refractivity contribution in [1.29, 1.82) is 0 Å². The van der Waals surface area contributed by atoms with Crippen LogP contribution < -0.4 is 5.32 Å². The van der Waals surface area contributed by atoms with Crippen LogP contribution in [0.5, 0.6) is 0 Å². The average molecular weight is 232 g/mol. The molecule has 1 amide bonds. The van der Waals surface area contributed by atoms with Gasteiger partial charge in [-0.25, -0.2) is 4.79 Å². The zero-order valence-electron chi connectivity index (χ0n) is 9.09. The summed E-state index contributed by atoms with van der Waals surface area (Å²) in [5.41, 5.74) is -0.108. The lowest BCUT2D eigenvalue weighted by Crippen LogP contribution is -2.34. The van der Waals surface area contributed by atoms with Crippen molar-refractivity contribution in [3.05, 3.63) is 41.7 Å². The van der Waals surface area contributed by atoms with Gasteiger partial charge in [0.1, 0.15) is 5.69 Å². The van der Waals surface area contributed by atoms with Crippen molar-refractivity contribution in [2.75, 3.05) is 0 Å². The Balaban J connectivity index is 2.15. The first-order valence-electron chi connectivity index (χ1n) is 5.32. The number of aromatic nitrogens is 1. The van der Waals surface area contributed by atoms with E-state index in [1.807, 2.05) is 12.2 Å². The molecule has 17 heavy (non-hydrogen) atoms. The SMILES string of the molecule is O=C(O)c1cccnc1C(=O)NC1CC=CC1. The monoisotopic (exact) mass is 232 g/mol. The number of amides is 1. The normalized spacial score (nSPS) is 14.8. The van der Waals surface area contributed by atoms with Gasteiger partial charge in [-0.05, 0) is 25.0 Å². The zero-order chi connectivity index (χ0) is 12.3. The summed E-state index contributed by atoms with van der Waals surface area (Å²) in [4.78, 5) is 26.6.